The SMILES string of the molecule is O=C(O)C(F)(F)F.O=C(O)C(F)(F)F.c1cc(COCC23CCCOC2CCN(CC2CC2)C3)ccn1. The molecule has 37 heavy (non-hydrogen) atoms. The highest BCUT2D eigenvalue weighted by atomic mass is 19.4. The van der Waals surface area contributed by atoms with E-state index in [2.05, 4.69) is 9.88 Å². The highest BCUT2D eigenvalue weighted by molar-refractivity contribution is 5.73. The molecule has 4 rings (SSSR count). The highest BCUT2D eigenvalue weighted by Crippen LogP contribution is 2.42. The van der Waals surface area contributed by atoms with Crippen molar-refractivity contribution in [1.29, 1.82) is 0 Å². The van der Waals surface area contributed by atoms with E-state index in [1.807, 2.05) is 24.5 Å². The third kappa shape index (κ3) is 10.8. The lowest BCUT2D eigenvalue weighted by Gasteiger charge is -2.50. The first kappa shape index (κ1) is 30.8. The molecule has 3 aliphatic rings. The Morgan fingerprint density at radius 3 is 2.14 bits per heavy atom. The molecule has 14 heteroatoms. The standard InChI is InChI=1S/C19H28N2O2.2C2HF3O2/c1-7-19(15-22-13-17-4-8-20-9-5-17)14-21(12-16-2-3-16)10-6-18(19)23-11-1;2*3-2(4,5)1(6)7/h4-5,8-9,16,18H,1-3,6-7,10-15H2;2*(H,6,7). The summed E-state index contributed by atoms with van der Waals surface area (Å²) in [5.41, 5.74) is 1.41. The normalized spacial score (nSPS) is 24.0. The minimum atomic E-state index is -5.08. The molecule has 0 amide bonds. The van der Waals surface area contributed by atoms with Crippen molar-refractivity contribution in [1.82, 2.24) is 9.88 Å². The second kappa shape index (κ2) is 13.4. The van der Waals surface area contributed by atoms with E-state index in [-0.39, 0.29) is 5.41 Å². The Kier molecular flexibility index (Phi) is 11.1. The molecule has 210 valence electrons. The summed E-state index contributed by atoms with van der Waals surface area (Å²) in [5.74, 6) is -4.55. The van der Waals surface area contributed by atoms with E-state index < -0.39 is 24.3 Å². The summed E-state index contributed by atoms with van der Waals surface area (Å²) >= 11 is 0. The number of carboxylic acid groups (broad SMARTS) is 2. The zero-order chi connectivity index (χ0) is 27.7. The number of carbonyl (C=O) groups is 2. The predicted octanol–water partition coefficient (Wildman–Crippen LogP) is 4.15. The van der Waals surface area contributed by atoms with Gasteiger partial charge >= 0.3 is 24.3 Å². The van der Waals surface area contributed by atoms with Gasteiger partial charge in [-0.2, -0.15) is 26.3 Å². The Labute approximate surface area is 209 Å². The molecule has 0 bridgehead atoms. The van der Waals surface area contributed by atoms with E-state index in [0.717, 1.165) is 25.7 Å². The Hall–Kier alpha value is -2.45. The van der Waals surface area contributed by atoms with Crippen molar-refractivity contribution in [3.63, 3.8) is 0 Å². The van der Waals surface area contributed by atoms with Crippen LogP contribution in [-0.2, 0) is 25.7 Å². The fourth-order valence-electron chi connectivity index (χ4n) is 4.27. The number of aliphatic carboxylic acids is 2. The molecule has 2 atom stereocenters. The Morgan fingerprint density at radius 1 is 1.05 bits per heavy atom. The van der Waals surface area contributed by atoms with Gasteiger partial charge in [-0.25, -0.2) is 9.59 Å². The van der Waals surface area contributed by atoms with Crippen LogP contribution < -0.4 is 0 Å². The highest BCUT2D eigenvalue weighted by Gasteiger charge is 2.46. The van der Waals surface area contributed by atoms with E-state index in [4.69, 9.17) is 29.3 Å². The first-order valence-electron chi connectivity index (χ1n) is 11.6. The molecule has 8 nitrogen and oxygen atoms in total. The van der Waals surface area contributed by atoms with Gasteiger partial charge < -0.3 is 24.6 Å². The predicted molar refractivity (Wildman–Crippen MR) is 116 cm³/mol. The molecule has 0 spiro atoms. The maximum absolute atomic E-state index is 10.6. The van der Waals surface area contributed by atoms with Gasteiger partial charge in [0.05, 0.1) is 19.3 Å². The van der Waals surface area contributed by atoms with Crippen LogP contribution in [0.3, 0.4) is 0 Å². The van der Waals surface area contributed by atoms with Crippen molar-refractivity contribution >= 4 is 11.9 Å². The number of fused-ring (bicyclic) bond motifs is 1. The number of rotatable bonds is 6. The number of hydrogen-bond acceptors (Lipinski definition) is 6. The van der Waals surface area contributed by atoms with E-state index in [9.17, 15) is 26.3 Å². The van der Waals surface area contributed by atoms with Gasteiger partial charge in [0.1, 0.15) is 0 Å². The van der Waals surface area contributed by atoms with Gasteiger partial charge in [0.25, 0.3) is 0 Å². The zero-order valence-corrected chi connectivity index (χ0v) is 19.9. The summed E-state index contributed by atoms with van der Waals surface area (Å²) in [7, 11) is 0. The minimum Gasteiger partial charge on any atom is -0.475 e. The molecule has 1 aliphatic carbocycles. The lowest BCUT2D eigenvalue weighted by atomic mass is 9.73. The van der Waals surface area contributed by atoms with Crippen LogP contribution in [-0.4, -0.2) is 83.3 Å². The summed E-state index contributed by atoms with van der Waals surface area (Å²) in [6.07, 6.45) is 0.351. The van der Waals surface area contributed by atoms with Crippen LogP contribution in [0.15, 0.2) is 24.5 Å². The minimum absolute atomic E-state index is 0.207. The van der Waals surface area contributed by atoms with Crippen molar-refractivity contribution in [3.05, 3.63) is 30.1 Å². The molecular formula is C23H30F6N2O6. The number of piperidine rings is 1. The number of ether oxygens (including phenoxy) is 2. The third-order valence-electron chi connectivity index (χ3n) is 6.17. The van der Waals surface area contributed by atoms with Crippen molar-refractivity contribution in [2.75, 3.05) is 32.8 Å². The molecule has 2 N–H and O–H groups in total. The molecule has 1 saturated carbocycles. The number of halogens is 6. The topological polar surface area (TPSA) is 109 Å². The lowest BCUT2D eigenvalue weighted by Crippen LogP contribution is -2.57. The summed E-state index contributed by atoms with van der Waals surface area (Å²) in [4.78, 5) is 24.5. The van der Waals surface area contributed by atoms with E-state index >= 15 is 0 Å². The van der Waals surface area contributed by atoms with Crippen molar-refractivity contribution in [3.8, 4) is 0 Å². The lowest BCUT2D eigenvalue weighted by molar-refractivity contribution is -0.193. The van der Waals surface area contributed by atoms with Gasteiger partial charge in [0.2, 0.25) is 0 Å². The number of aromatic nitrogens is 1. The van der Waals surface area contributed by atoms with Crippen LogP contribution in [0, 0.1) is 11.3 Å². The molecular weight excluding hydrogens is 514 g/mol. The molecule has 1 aromatic rings. The Morgan fingerprint density at radius 2 is 1.62 bits per heavy atom. The van der Waals surface area contributed by atoms with E-state index in [0.29, 0.717) is 12.7 Å². The number of nitrogens with zero attached hydrogens (tertiary/aromatic N) is 2. The molecule has 3 heterocycles. The molecule has 0 aromatic carbocycles. The monoisotopic (exact) mass is 544 g/mol. The van der Waals surface area contributed by atoms with Gasteiger partial charge in [-0.3, -0.25) is 4.98 Å². The first-order valence-corrected chi connectivity index (χ1v) is 11.6. The molecule has 2 aliphatic heterocycles. The van der Waals surface area contributed by atoms with Crippen molar-refractivity contribution < 1.29 is 55.6 Å². The van der Waals surface area contributed by atoms with Gasteiger partial charge in [-0.1, -0.05) is 0 Å². The number of alkyl halides is 6. The fraction of sp³-hybridized carbons (Fsp3) is 0.696. The van der Waals surface area contributed by atoms with Crippen LogP contribution in [0.1, 0.15) is 37.7 Å². The van der Waals surface area contributed by atoms with Gasteiger partial charge in [-0.15, -0.1) is 0 Å². The third-order valence-corrected chi connectivity index (χ3v) is 6.17. The molecule has 3 fully saturated rings. The quantitative estimate of drug-likeness (QED) is 0.515. The molecule has 1 aromatic heterocycles. The second-order valence-electron chi connectivity index (χ2n) is 9.25. The molecule has 2 saturated heterocycles. The van der Waals surface area contributed by atoms with Gasteiger partial charge in [-0.05, 0) is 55.7 Å². The average molecular weight is 544 g/mol. The van der Waals surface area contributed by atoms with Crippen molar-refractivity contribution in [2.24, 2.45) is 11.3 Å². The number of likely N-dealkylation sites (tertiary alicyclic amines) is 1. The maximum Gasteiger partial charge on any atom is 0.490 e. The summed E-state index contributed by atoms with van der Waals surface area (Å²) < 4.78 is 75.8. The maximum atomic E-state index is 10.6. The number of pyridine rings is 1. The van der Waals surface area contributed by atoms with Crippen LogP contribution >= 0.6 is 0 Å². The number of hydrogen-bond donors (Lipinski definition) is 2. The summed E-state index contributed by atoms with van der Waals surface area (Å²) in [5, 5.41) is 14.2. The van der Waals surface area contributed by atoms with E-state index in [1.54, 1.807) is 0 Å². The van der Waals surface area contributed by atoms with E-state index in [1.165, 1.54) is 50.8 Å². The Bertz CT molecular complexity index is 842. The van der Waals surface area contributed by atoms with Crippen LogP contribution in [0.5, 0.6) is 0 Å². The Balaban J connectivity index is 0.000000286. The first-order chi connectivity index (χ1) is 17.2. The van der Waals surface area contributed by atoms with Crippen LogP contribution in [0.25, 0.3) is 0 Å². The number of carboxylic acids is 2. The van der Waals surface area contributed by atoms with Gasteiger partial charge in [0.15, 0.2) is 0 Å². The largest absolute Gasteiger partial charge is 0.490 e. The zero-order valence-electron chi connectivity index (χ0n) is 19.9. The molecule has 2 unspecified atom stereocenters. The molecule has 0 radical (unpaired) electrons. The summed E-state index contributed by atoms with van der Waals surface area (Å²) in [6, 6.07) is 4.07. The second-order valence-corrected chi connectivity index (χ2v) is 9.25. The van der Waals surface area contributed by atoms with Crippen LogP contribution in [0.2, 0.25) is 0 Å². The fourth-order valence-corrected chi connectivity index (χ4v) is 4.27. The smallest absolute Gasteiger partial charge is 0.475 e. The summed E-state index contributed by atoms with van der Waals surface area (Å²) in [6.45, 7) is 6.08. The van der Waals surface area contributed by atoms with Crippen LogP contribution in [0.4, 0.5) is 26.3 Å². The average Bonchev–Trinajstić information content (AvgIpc) is 3.63. The van der Waals surface area contributed by atoms with Crippen molar-refractivity contribution in [2.45, 2.75) is 57.2 Å². The van der Waals surface area contributed by atoms with Gasteiger partial charge in [0, 0.05) is 44.0 Å².